The molecule has 0 radical (unpaired) electrons. The van der Waals surface area contributed by atoms with E-state index < -0.39 is 0 Å². The Kier molecular flexibility index (Phi) is 4.17. The number of ether oxygens (including phenoxy) is 1. The first-order valence-corrected chi connectivity index (χ1v) is 6.77. The van der Waals surface area contributed by atoms with Gasteiger partial charge in [0.15, 0.2) is 0 Å². The normalized spacial score (nSPS) is 11.8. The van der Waals surface area contributed by atoms with E-state index in [1.165, 1.54) is 5.56 Å². The molecule has 1 atom stereocenters. The van der Waals surface area contributed by atoms with Crippen molar-refractivity contribution in [2.45, 2.75) is 12.5 Å². The Morgan fingerprint density at radius 1 is 0.714 bits per heavy atom. The molecular formula is C17H15N3O. The summed E-state index contributed by atoms with van der Waals surface area (Å²) in [4.78, 5) is 12.1. The van der Waals surface area contributed by atoms with E-state index in [9.17, 15) is 0 Å². The molecule has 0 aromatic carbocycles. The van der Waals surface area contributed by atoms with Crippen LogP contribution in [0.2, 0.25) is 0 Å². The lowest BCUT2D eigenvalue weighted by atomic mass is 10.0. The van der Waals surface area contributed by atoms with Gasteiger partial charge in [-0.15, -0.1) is 0 Å². The van der Waals surface area contributed by atoms with Gasteiger partial charge < -0.3 is 4.74 Å². The third-order valence-electron chi connectivity index (χ3n) is 3.18. The van der Waals surface area contributed by atoms with Crippen molar-refractivity contribution < 1.29 is 4.74 Å². The van der Waals surface area contributed by atoms with Crippen LogP contribution in [-0.4, -0.2) is 15.0 Å². The van der Waals surface area contributed by atoms with E-state index in [1.54, 1.807) is 37.2 Å². The second kappa shape index (κ2) is 6.61. The van der Waals surface area contributed by atoms with Gasteiger partial charge in [0.1, 0.15) is 11.9 Å². The maximum absolute atomic E-state index is 6.12. The zero-order valence-electron chi connectivity index (χ0n) is 11.5. The van der Waals surface area contributed by atoms with Gasteiger partial charge in [0.2, 0.25) is 0 Å². The Balaban J connectivity index is 1.84. The van der Waals surface area contributed by atoms with E-state index >= 15 is 0 Å². The first-order chi connectivity index (χ1) is 10.4. The van der Waals surface area contributed by atoms with E-state index in [0.29, 0.717) is 0 Å². The average Bonchev–Trinajstić information content (AvgIpc) is 2.57. The fourth-order valence-electron chi connectivity index (χ4n) is 2.12. The molecule has 0 spiro atoms. The Bertz CT molecular complexity index is 618. The molecule has 0 aliphatic carbocycles. The number of hydrogen-bond acceptors (Lipinski definition) is 4. The number of aromatic nitrogens is 3. The van der Waals surface area contributed by atoms with Gasteiger partial charge in [-0.3, -0.25) is 15.0 Å². The molecule has 3 aromatic rings. The molecule has 0 amide bonds. The van der Waals surface area contributed by atoms with Gasteiger partial charge in [-0.2, -0.15) is 0 Å². The molecule has 4 nitrogen and oxygen atoms in total. The summed E-state index contributed by atoms with van der Waals surface area (Å²) < 4.78 is 6.12. The molecule has 0 aliphatic heterocycles. The van der Waals surface area contributed by atoms with Gasteiger partial charge in [0.05, 0.1) is 0 Å². The van der Waals surface area contributed by atoms with Gasteiger partial charge in [0, 0.05) is 43.6 Å². The topological polar surface area (TPSA) is 47.9 Å². The third-order valence-corrected chi connectivity index (χ3v) is 3.18. The quantitative estimate of drug-likeness (QED) is 0.718. The lowest BCUT2D eigenvalue weighted by molar-refractivity contribution is 0.206. The number of rotatable bonds is 5. The molecule has 4 heteroatoms. The predicted octanol–water partition coefficient (Wildman–Crippen LogP) is 3.23. The van der Waals surface area contributed by atoms with Crippen LogP contribution >= 0.6 is 0 Å². The third kappa shape index (κ3) is 3.63. The summed E-state index contributed by atoms with van der Waals surface area (Å²) in [6.07, 6.45) is 11.3. The minimum atomic E-state index is -0.0715. The highest BCUT2D eigenvalue weighted by molar-refractivity contribution is 5.23. The van der Waals surface area contributed by atoms with Crippen LogP contribution in [0.3, 0.4) is 0 Å². The number of pyridine rings is 3. The van der Waals surface area contributed by atoms with E-state index in [1.807, 2.05) is 36.4 Å². The molecule has 0 N–H and O–H groups in total. The molecule has 1 unspecified atom stereocenters. The average molecular weight is 277 g/mol. The molecule has 0 fully saturated rings. The highest BCUT2D eigenvalue weighted by Crippen LogP contribution is 2.24. The lowest BCUT2D eigenvalue weighted by Gasteiger charge is -2.19. The van der Waals surface area contributed by atoms with Crippen LogP contribution in [0.15, 0.2) is 73.6 Å². The largest absolute Gasteiger partial charge is 0.485 e. The van der Waals surface area contributed by atoms with Gasteiger partial charge >= 0.3 is 0 Å². The van der Waals surface area contributed by atoms with Crippen LogP contribution in [0.4, 0.5) is 0 Å². The second-order valence-electron chi connectivity index (χ2n) is 4.63. The van der Waals surface area contributed by atoms with E-state index in [2.05, 4.69) is 15.0 Å². The van der Waals surface area contributed by atoms with Crippen LogP contribution in [0.5, 0.6) is 5.75 Å². The van der Waals surface area contributed by atoms with Gasteiger partial charge in [-0.05, 0) is 47.5 Å². The molecular weight excluding hydrogens is 262 g/mol. The molecule has 0 saturated carbocycles. The highest BCUT2D eigenvalue weighted by Gasteiger charge is 2.14. The van der Waals surface area contributed by atoms with Crippen LogP contribution in [0.1, 0.15) is 17.2 Å². The van der Waals surface area contributed by atoms with Crippen molar-refractivity contribution in [1.82, 2.24) is 15.0 Å². The lowest BCUT2D eigenvalue weighted by Crippen LogP contribution is -2.11. The number of nitrogens with zero attached hydrogens (tertiary/aromatic N) is 3. The smallest absolute Gasteiger partial charge is 0.128 e. The fourth-order valence-corrected chi connectivity index (χ4v) is 2.12. The first-order valence-electron chi connectivity index (χ1n) is 6.77. The molecule has 3 aromatic heterocycles. The summed E-state index contributed by atoms with van der Waals surface area (Å²) in [6.45, 7) is 0. The van der Waals surface area contributed by atoms with Crippen LogP contribution < -0.4 is 4.74 Å². The maximum Gasteiger partial charge on any atom is 0.128 e. The minimum Gasteiger partial charge on any atom is -0.485 e. The Hall–Kier alpha value is -2.75. The monoisotopic (exact) mass is 277 g/mol. The van der Waals surface area contributed by atoms with Crippen molar-refractivity contribution in [3.8, 4) is 5.75 Å². The first kappa shape index (κ1) is 13.2. The van der Waals surface area contributed by atoms with Crippen molar-refractivity contribution in [2.75, 3.05) is 0 Å². The molecule has 3 heterocycles. The van der Waals surface area contributed by atoms with Gasteiger partial charge in [0.25, 0.3) is 0 Å². The van der Waals surface area contributed by atoms with Crippen LogP contribution in [0.25, 0.3) is 0 Å². The molecule has 0 bridgehead atoms. The molecule has 0 aliphatic rings. The van der Waals surface area contributed by atoms with Crippen LogP contribution in [0, 0.1) is 0 Å². The Morgan fingerprint density at radius 2 is 1.24 bits per heavy atom. The Morgan fingerprint density at radius 3 is 1.86 bits per heavy atom. The van der Waals surface area contributed by atoms with E-state index in [4.69, 9.17) is 4.74 Å². The van der Waals surface area contributed by atoms with Crippen molar-refractivity contribution in [1.29, 1.82) is 0 Å². The maximum atomic E-state index is 6.12. The van der Waals surface area contributed by atoms with Gasteiger partial charge in [-0.25, -0.2) is 0 Å². The Labute approximate surface area is 123 Å². The zero-order valence-corrected chi connectivity index (χ0v) is 11.5. The second-order valence-corrected chi connectivity index (χ2v) is 4.63. The molecule has 104 valence electrons. The summed E-state index contributed by atoms with van der Waals surface area (Å²) in [7, 11) is 0. The van der Waals surface area contributed by atoms with E-state index in [0.717, 1.165) is 17.7 Å². The zero-order chi connectivity index (χ0) is 14.3. The molecule has 0 saturated heterocycles. The molecule has 21 heavy (non-hydrogen) atoms. The summed E-state index contributed by atoms with van der Waals surface area (Å²) in [6, 6.07) is 11.7. The summed E-state index contributed by atoms with van der Waals surface area (Å²) in [5, 5.41) is 0. The SMILES string of the molecule is c1cc(CC(Oc2ccncc2)c2ccncc2)ccn1. The standard InChI is InChI=1S/C17H15N3O/c1-7-18-8-2-14(1)13-17(15-3-9-19-10-4-15)21-16-5-11-20-12-6-16/h1-12,17H,13H2. The fraction of sp³-hybridized carbons (Fsp3) is 0.118. The van der Waals surface area contributed by atoms with Crippen LogP contribution in [-0.2, 0) is 6.42 Å². The van der Waals surface area contributed by atoms with Gasteiger partial charge in [-0.1, -0.05) is 0 Å². The minimum absolute atomic E-state index is 0.0715. The van der Waals surface area contributed by atoms with Crippen molar-refractivity contribution in [3.63, 3.8) is 0 Å². The molecule has 3 rings (SSSR count). The highest BCUT2D eigenvalue weighted by atomic mass is 16.5. The van der Waals surface area contributed by atoms with Crippen molar-refractivity contribution in [2.24, 2.45) is 0 Å². The summed E-state index contributed by atoms with van der Waals surface area (Å²) in [5.41, 5.74) is 2.28. The number of hydrogen-bond donors (Lipinski definition) is 0. The summed E-state index contributed by atoms with van der Waals surface area (Å²) in [5.74, 6) is 0.806. The summed E-state index contributed by atoms with van der Waals surface area (Å²) >= 11 is 0. The van der Waals surface area contributed by atoms with Crippen molar-refractivity contribution >= 4 is 0 Å². The van der Waals surface area contributed by atoms with E-state index in [-0.39, 0.29) is 6.10 Å². The van der Waals surface area contributed by atoms with Crippen molar-refractivity contribution in [3.05, 3.63) is 84.7 Å². The predicted molar refractivity (Wildman–Crippen MR) is 79.8 cm³/mol.